The molecule has 1 aliphatic rings. The van der Waals surface area contributed by atoms with E-state index in [1.165, 1.54) is 11.8 Å². The molecule has 1 saturated heterocycles. The summed E-state index contributed by atoms with van der Waals surface area (Å²) in [5.41, 5.74) is 0.844. The standard InChI is InChI=1S/C18H23ClN4O2S/c1-25-12-6-11-23-16(13-7-2-3-8-14(13)19)21-22-18(23)26-15-9-4-5-10-20-17(15)24/h2-3,7-8,15H,4-6,9-12H2,1H3,(H,20,24). The maximum absolute atomic E-state index is 12.3. The number of halogens is 1. The number of carbonyl (C=O) groups excluding carboxylic acids is 1. The number of aromatic nitrogens is 3. The van der Waals surface area contributed by atoms with Crippen molar-refractivity contribution in [2.24, 2.45) is 0 Å². The first-order valence-electron chi connectivity index (χ1n) is 8.82. The first-order chi connectivity index (χ1) is 12.7. The number of rotatable bonds is 7. The second-order valence-electron chi connectivity index (χ2n) is 6.18. The second kappa shape index (κ2) is 9.39. The van der Waals surface area contributed by atoms with Crippen LogP contribution in [0.1, 0.15) is 25.7 Å². The summed E-state index contributed by atoms with van der Waals surface area (Å²) in [5, 5.41) is 13.0. The summed E-state index contributed by atoms with van der Waals surface area (Å²) in [4.78, 5) is 12.3. The number of ether oxygens (including phenoxy) is 1. The molecule has 1 N–H and O–H groups in total. The summed E-state index contributed by atoms with van der Waals surface area (Å²) in [6, 6.07) is 7.60. The molecule has 1 aromatic carbocycles. The Hall–Kier alpha value is -1.57. The molecule has 8 heteroatoms. The average Bonchev–Trinajstić information content (AvgIpc) is 2.91. The molecule has 0 aliphatic carbocycles. The van der Waals surface area contributed by atoms with E-state index in [4.69, 9.17) is 16.3 Å². The molecule has 0 saturated carbocycles. The van der Waals surface area contributed by atoms with Crippen LogP contribution in [0.2, 0.25) is 5.02 Å². The van der Waals surface area contributed by atoms with Gasteiger partial charge in [0.15, 0.2) is 11.0 Å². The van der Waals surface area contributed by atoms with Crippen LogP contribution in [0.3, 0.4) is 0 Å². The fraction of sp³-hybridized carbons (Fsp3) is 0.500. The molecule has 0 bridgehead atoms. The fourth-order valence-electron chi connectivity index (χ4n) is 2.94. The van der Waals surface area contributed by atoms with Gasteiger partial charge in [-0.3, -0.25) is 4.79 Å². The third-order valence-corrected chi connectivity index (χ3v) is 5.87. The molecule has 6 nitrogen and oxygen atoms in total. The van der Waals surface area contributed by atoms with Crippen LogP contribution in [-0.4, -0.2) is 46.2 Å². The van der Waals surface area contributed by atoms with Crippen LogP contribution in [0.15, 0.2) is 29.4 Å². The van der Waals surface area contributed by atoms with Crippen LogP contribution in [0.5, 0.6) is 0 Å². The van der Waals surface area contributed by atoms with Crippen molar-refractivity contribution in [3.8, 4) is 11.4 Å². The maximum atomic E-state index is 12.3. The molecule has 2 heterocycles. The second-order valence-corrected chi connectivity index (χ2v) is 7.75. The molecule has 1 aliphatic heterocycles. The van der Waals surface area contributed by atoms with Crippen molar-refractivity contribution in [3.05, 3.63) is 29.3 Å². The third kappa shape index (κ3) is 4.58. The molecule has 3 rings (SSSR count). The van der Waals surface area contributed by atoms with Gasteiger partial charge in [0.1, 0.15) is 0 Å². The Morgan fingerprint density at radius 1 is 1.35 bits per heavy atom. The minimum absolute atomic E-state index is 0.0817. The SMILES string of the molecule is COCCCn1c(SC2CCCCNC2=O)nnc1-c1ccccc1Cl. The van der Waals surface area contributed by atoms with Gasteiger partial charge in [-0.1, -0.05) is 41.9 Å². The number of carbonyl (C=O) groups is 1. The molecular formula is C18H23ClN4O2S. The highest BCUT2D eigenvalue weighted by atomic mass is 35.5. The first kappa shape index (κ1) is 19.2. The zero-order valence-electron chi connectivity index (χ0n) is 14.8. The van der Waals surface area contributed by atoms with Crippen molar-refractivity contribution >= 4 is 29.3 Å². The first-order valence-corrected chi connectivity index (χ1v) is 10.1. The van der Waals surface area contributed by atoms with E-state index in [2.05, 4.69) is 15.5 Å². The maximum Gasteiger partial charge on any atom is 0.233 e. The molecule has 1 atom stereocenters. The van der Waals surface area contributed by atoms with Gasteiger partial charge in [-0.15, -0.1) is 10.2 Å². The molecule has 1 aromatic heterocycles. The Kier molecular flexibility index (Phi) is 6.93. The smallest absolute Gasteiger partial charge is 0.233 e. The van der Waals surface area contributed by atoms with E-state index in [1.807, 2.05) is 28.8 Å². The van der Waals surface area contributed by atoms with Crippen molar-refractivity contribution in [2.75, 3.05) is 20.3 Å². The summed E-state index contributed by atoms with van der Waals surface area (Å²) in [6.45, 7) is 2.10. The Morgan fingerprint density at radius 2 is 2.19 bits per heavy atom. The number of amides is 1. The lowest BCUT2D eigenvalue weighted by molar-refractivity contribution is -0.120. The molecule has 1 unspecified atom stereocenters. The van der Waals surface area contributed by atoms with Crippen molar-refractivity contribution in [2.45, 2.75) is 42.6 Å². The van der Waals surface area contributed by atoms with Gasteiger partial charge in [-0.25, -0.2) is 0 Å². The van der Waals surface area contributed by atoms with E-state index >= 15 is 0 Å². The van der Waals surface area contributed by atoms with Crippen molar-refractivity contribution < 1.29 is 9.53 Å². The summed E-state index contributed by atoms with van der Waals surface area (Å²) in [5.74, 6) is 0.807. The van der Waals surface area contributed by atoms with E-state index in [0.29, 0.717) is 18.2 Å². The van der Waals surface area contributed by atoms with Gasteiger partial charge in [0.2, 0.25) is 5.91 Å². The highest BCUT2D eigenvalue weighted by Gasteiger charge is 2.25. The number of methoxy groups -OCH3 is 1. The van der Waals surface area contributed by atoms with Gasteiger partial charge in [0, 0.05) is 32.4 Å². The van der Waals surface area contributed by atoms with Gasteiger partial charge >= 0.3 is 0 Å². The Labute approximate surface area is 162 Å². The molecule has 1 fully saturated rings. The Balaban J connectivity index is 1.89. The largest absolute Gasteiger partial charge is 0.385 e. The summed E-state index contributed by atoms with van der Waals surface area (Å²) < 4.78 is 7.23. The van der Waals surface area contributed by atoms with E-state index in [0.717, 1.165) is 48.8 Å². The van der Waals surface area contributed by atoms with Gasteiger partial charge in [-0.2, -0.15) is 0 Å². The van der Waals surface area contributed by atoms with Gasteiger partial charge in [0.25, 0.3) is 0 Å². The summed E-state index contributed by atoms with van der Waals surface area (Å²) >= 11 is 7.85. The van der Waals surface area contributed by atoms with Crippen LogP contribution < -0.4 is 5.32 Å². The molecule has 26 heavy (non-hydrogen) atoms. The molecular weight excluding hydrogens is 372 g/mol. The monoisotopic (exact) mass is 394 g/mol. The molecule has 0 radical (unpaired) electrons. The summed E-state index contributed by atoms with van der Waals surface area (Å²) in [6.07, 6.45) is 3.74. The molecule has 0 spiro atoms. The van der Waals surface area contributed by atoms with E-state index in [-0.39, 0.29) is 11.2 Å². The molecule has 140 valence electrons. The lowest BCUT2D eigenvalue weighted by Crippen LogP contribution is -2.30. The predicted molar refractivity (Wildman–Crippen MR) is 103 cm³/mol. The molecule has 2 aromatic rings. The minimum Gasteiger partial charge on any atom is -0.385 e. The van der Waals surface area contributed by atoms with Crippen molar-refractivity contribution in [1.29, 1.82) is 0 Å². The number of hydrogen-bond acceptors (Lipinski definition) is 5. The third-order valence-electron chi connectivity index (χ3n) is 4.29. The topological polar surface area (TPSA) is 69.0 Å². The fourth-order valence-corrected chi connectivity index (χ4v) is 4.28. The quantitative estimate of drug-likeness (QED) is 0.729. The zero-order chi connectivity index (χ0) is 18.4. The van der Waals surface area contributed by atoms with Crippen LogP contribution in [0, 0.1) is 0 Å². The van der Waals surface area contributed by atoms with Crippen LogP contribution >= 0.6 is 23.4 Å². The van der Waals surface area contributed by atoms with Crippen LogP contribution in [-0.2, 0) is 16.1 Å². The lowest BCUT2D eigenvalue weighted by Gasteiger charge is -2.14. The Morgan fingerprint density at radius 3 is 3.00 bits per heavy atom. The van der Waals surface area contributed by atoms with Crippen LogP contribution in [0.25, 0.3) is 11.4 Å². The van der Waals surface area contributed by atoms with Crippen molar-refractivity contribution in [1.82, 2.24) is 20.1 Å². The normalized spacial score (nSPS) is 17.8. The van der Waals surface area contributed by atoms with Gasteiger partial charge in [0.05, 0.1) is 10.3 Å². The lowest BCUT2D eigenvalue weighted by atomic mass is 10.2. The number of nitrogens with zero attached hydrogens (tertiary/aromatic N) is 3. The predicted octanol–water partition coefficient (Wildman–Crippen LogP) is 3.40. The highest BCUT2D eigenvalue weighted by molar-refractivity contribution is 8.00. The number of hydrogen-bond donors (Lipinski definition) is 1. The van der Waals surface area contributed by atoms with E-state index < -0.39 is 0 Å². The number of benzene rings is 1. The molecule has 1 amide bonds. The minimum atomic E-state index is -0.137. The van der Waals surface area contributed by atoms with Gasteiger partial charge in [-0.05, 0) is 31.4 Å². The van der Waals surface area contributed by atoms with E-state index in [1.54, 1.807) is 7.11 Å². The van der Waals surface area contributed by atoms with Crippen LogP contribution in [0.4, 0.5) is 0 Å². The van der Waals surface area contributed by atoms with Gasteiger partial charge < -0.3 is 14.6 Å². The van der Waals surface area contributed by atoms with Crippen molar-refractivity contribution in [3.63, 3.8) is 0 Å². The highest BCUT2D eigenvalue weighted by Crippen LogP contribution is 2.32. The number of nitrogens with one attached hydrogen (secondary N) is 1. The Bertz CT molecular complexity index is 753. The summed E-state index contributed by atoms with van der Waals surface area (Å²) in [7, 11) is 1.69. The average molecular weight is 395 g/mol. The number of thioether (sulfide) groups is 1. The zero-order valence-corrected chi connectivity index (χ0v) is 16.4. The van der Waals surface area contributed by atoms with E-state index in [9.17, 15) is 4.79 Å².